The summed E-state index contributed by atoms with van der Waals surface area (Å²) in [5, 5.41) is 4.44. The molecule has 27 heavy (non-hydrogen) atoms. The van der Waals surface area contributed by atoms with Crippen molar-refractivity contribution >= 4 is 57.1 Å². The Balaban J connectivity index is 1.95. The van der Waals surface area contributed by atoms with E-state index in [1.807, 2.05) is 48.7 Å². The molecule has 0 aliphatic carbocycles. The minimum absolute atomic E-state index is 0.633. The van der Waals surface area contributed by atoms with E-state index in [-0.39, 0.29) is 0 Å². The second-order valence-electron chi connectivity index (χ2n) is 6.70. The largest absolute Gasteiger partial charge is 0.457 e. The van der Waals surface area contributed by atoms with Gasteiger partial charge in [-0.3, -0.25) is 4.57 Å². The topological polar surface area (TPSA) is 31.0 Å². The van der Waals surface area contributed by atoms with Crippen LogP contribution in [0.3, 0.4) is 0 Å². The Morgan fingerprint density at radius 3 is 2.41 bits per heavy atom. The molecule has 0 bridgehead atoms. The molecule has 0 N–H and O–H groups in total. The Morgan fingerprint density at radius 2 is 1.56 bits per heavy atom. The van der Waals surface area contributed by atoms with Gasteiger partial charge in [0.2, 0.25) is 0 Å². The maximum absolute atomic E-state index is 6.43. The fourth-order valence-corrected chi connectivity index (χ4v) is 4.10. The van der Waals surface area contributed by atoms with E-state index in [4.69, 9.17) is 12.3 Å². The molecule has 3 heterocycles. The molecule has 124 valence electrons. The maximum Gasteiger partial charge on any atom is 0.137 e. The van der Waals surface area contributed by atoms with Gasteiger partial charge in [-0.2, -0.15) is 0 Å². The van der Waals surface area contributed by atoms with Crippen LogP contribution in [0.5, 0.6) is 0 Å². The average molecular weight is 344 g/mol. The molecule has 0 aliphatic heterocycles. The summed E-state index contributed by atoms with van der Waals surface area (Å²) in [6.07, 6.45) is 1.81. The normalized spacial score (nSPS) is 11.9. The van der Waals surface area contributed by atoms with Gasteiger partial charge in [0.25, 0.3) is 0 Å². The smallest absolute Gasteiger partial charge is 0.137 e. The van der Waals surface area contributed by atoms with Gasteiger partial charge < -0.3 is 4.42 Å². The van der Waals surface area contributed by atoms with E-state index < -0.39 is 0 Å². The molecule has 0 amide bonds. The molecule has 6 rings (SSSR count). The zero-order chi connectivity index (χ0) is 18.0. The van der Waals surface area contributed by atoms with Crippen LogP contribution < -0.4 is 5.46 Å². The van der Waals surface area contributed by atoms with E-state index >= 15 is 0 Å². The third-order valence-corrected chi connectivity index (χ3v) is 5.19. The van der Waals surface area contributed by atoms with Crippen LogP contribution in [0.1, 0.15) is 0 Å². The van der Waals surface area contributed by atoms with Gasteiger partial charge in [0, 0.05) is 27.7 Å². The molecule has 0 saturated carbocycles. The number of furan rings is 1. The third kappa shape index (κ3) is 1.90. The molecule has 6 aromatic rings. The molecule has 3 aromatic carbocycles. The molecule has 3 nitrogen and oxygen atoms in total. The molecular formula is C23H13BN2O. The van der Waals surface area contributed by atoms with Crippen molar-refractivity contribution in [3.05, 3.63) is 79.0 Å². The Labute approximate surface area is 156 Å². The number of hydrogen-bond acceptors (Lipinski definition) is 2. The van der Waals surface area contributed by atoms with E-state index in [1.54, 1.807) is 0 Å². The van der Waals surface area contributed by atoms with Crippen molar-refractivity contribution < 1.29 is 4.42 Å². The van der Waals surface area contributed by atoms with Crippen molar-refractivity contribution in [3.63, 3.8) is 0 Å². The van der Waals surface area contributed by atoms with Gasteiger partial charge in [-0.05, 0) is 30.3 Å². The first kappa shape index (κ1) is 14.6. The number of nitrogens with zero attached hydrogens (tertiary/aromatic N) is 2. The minimum atomic E-state index is 0.633. The SMILES string of the molecule is [B]c1cc2c(c3ccccc3n2-c2ccccn2)c2c1oc1ccccc12. The van der Waals surface area contributed by atoms with Crippen LogP contribution in [0.15, 0.2) is 83.4 Å². The first-order chi connectivity index (χ1) is 13.3. The van der Waals surface area contributed by atoms with Gasteiger partial charge in [0.05, 0.1) is 11.0 Å². The number of pyridine rings is 1. The number of benzene rings is 3. The van der Waals surface area contributed by atoms with Gasteiger partial charge >= 0.3 is 0 Å². The number of hydrogen-bond donors (Lipinski definition) is 0. The van der Waals surface area contributed by atoms with Crippen LogP contribution in [0.2, 0.25) is 0 Å². The summed E-state index contributed by atoms with van der Waals surface area (Å²) in [7, 11) is 6.43. The molecule has 2 radical (unpaired) electrons. The average Bonchev–Trinajstić information content (AvgIpc) is 3.25. The quantitative estimate of drug-likeness (QED) is 0.398. The van der Waals surface area contributed by atoms with Crippen molar-refractivity contribution in [3.8, 4) is 5.82 Å². The summed E-state index contributed by atoms with van der Waals surface area (Å²) in [5.41, 5.74) is 4.36. The summed E-state index contributed by atoms with van der Waals surface area (Å²) in [4.78, 5) is 4.58. The molecule has 0 spiro atoms. The predicted molar refractivity (Wildman–Crippen MR) is 111 cm³/mol. The van der Waals surface area contributed by atoms with Crippen LogP contribution in [-0.4, -0.2) is 17.4 Å². The van der Waals surface area contributed by atoms with Crippen molar-refractivity contribution in [2.45, 2.75) is 0 Å². The first-order valence-electron chi connectivity index (χ1n) is 8.87. The van der Waals surface area contributed by atoms with Crippen LogP contribution in [0.25, 0.3) is 49.6 Å². The summed E-state index contributed by atoms with van der Waals surface area (Å²) in [5.74, 6) is 0.871. The lowest BCUT2D eigenvalue weighted by molar-refractivity contribution is 0.672. The van der Waals surface area contributed by atoms with Crippen LogP contribution in [-0.2, 0) is 0 Å². The second kappa shape index (κ2) is 5.24. The van der Waals surface area contributed by atoms with E-state index in [9.17, 15) is 0 Å². The predicted octanol–water partition coefficient (Wildman–Crippen LogP) is 4.87. The van der Waals surface area contributed by atoms with Crippen molar-refractivity contribution in [2.75, 3.05) is 0 Å². The standard InChI is InChI=1S/C23H13BN2O/c24-16-13-18-21(22-15-8-2-4-10-19(15)27-23(16)22)14-7-1-3-9-17(14)26(18)20-11-5-6-12-25-20/h1-13H. The zero-order valence-corrected chi connectivity index (χ0v) is 14.4. The minimum Gasteiger partial charge on any atom is -0.457 e. The van der Waals surface area contributed by atoms with Crippen molar-refractivity contribution in [1.82, 2.24) is 9.55 Å². The zero-order valence-electron chi connectivity index (χ0n) is 14.4. The lowest BCUT2D eigenvalue weighted by Crippen LogP contribution is -2.04. The molecule has 0 atom stereocenters. The third-order valence-electron chi connectivity index (χ3n) is 5.19. The molecular weight excluding hydrogens is 331 g/mol. The monoisotopic (exact) mass is 344 g/mol. The number of rotatable bonds is 1. The highest BCUT2D eigenvalue weighted by Gasteiger charge is 2.19. The van der Waals surface area contributed by atoms with Gasteiger partial charge in [-0.1, -0.05) is 47.9 Å². The maximum atomic E-state index is 6.43. The van der Waals surface area contributed by atoms with Crippen LogP contribution in [0.4, 0.5) is 0 Å². The fourth-order valence-electron chi connectivity index (χ4n) is 4.10. The van der Waals surface area contributed by atoms with E-state index in [0.717, 1.165) is 49.6 Å². The van der Waals surface area contributed by atoms with E-state index in [0.29, 0.717) is 5.46 Å². The highest BCUT2D eigenvalue weighted by Crippen LogP contribution is 2.39. The molecule has 0 fully saturated rings. The molecule has 0 saturated heterocycles. The Kier molecular flexibility index (Phi) is 2.84. The lowest BCUT2D eigenvalue weighted by atomic mass is 9.91. The fraction of sp³-hybridized carbons (Fsp3) is 0. The number of aromatic nitrogens is 2. The molecule has 0 aliphatic rings. The highest BCUT2D eigenvalue weighted by atomic mass is 16.3. The lowest BCUT2D eigenvalue weighted by Gasteiger charge is -2.07. The Hall–Kier alpha value is -3.53. The highest BCUT2D eigenvalue weighted by molar-refractivity contribution is 6.43. The van der Waals surface area contributed by atoms with Crippen LogP contribution in [0, 0.1) is 0 Å². The molecule has 4 heteroatoms. The van der Waals surface area contributed by atoms with Crippen molar-refractivity contribution in [2.24, 2.45) is 0 Å². The number of fused-ring (bicyclic) bond motifs is 7. The summed E-state index contributed by atoms with van der Waals surface area (Å²) in [6, 6.07) is 24.4. The first-order valence-corrected chi connectivity index (χ1v) is 8.87. The van der Waals surface area contributed by atoms with Crippen molar-refractivity contribution in [1.29, 1.82) is 0 Å². The Bertz CT molecular complexity index is 1480. The van der Waals surface area contributed by atoms with E-state index in [2.05, 4.69) is 39.9 Å². The molecule has 0 unspecified atom stereocenters. The van der Waals surface area contributed by atoms with Gasteiger partial charge in [0.15, 0.2) is 0 Å². The van der Waals surface area contributed by atoms with Crippen LogP contribution >= 0.6 is 0 Å². The molecule has 3 aromatic heterocycles. The second-order valence-corrected chi connectivity index (χ2v) is 6.70. The van der Waals surface area contributed by atoms with Gasteiger partial charge in [-0.15, -0.1) is 0 Å². The Morgan fingerprint density at radius 1 is 0.778 bits per heavy atom. The summed E-state index contributed by atoms with van der Waals surface area (Å²) in [6.45, 7) is 0. The number of para-hydroxylation sites is 2. The van der Waals surface area contributed by atoms with Gasteiger partial charge in [0.1, 0.15) is 24.8 Å². The summed E-state index contributed by atoms with van der Waals surface area (Å²) >= 11 is 0. The van der Waals surface area contributed by atoms with E-state index in [1.165, 1.54) is 0 Å². The summed E-state index contributed by atoms with van der Waals surface area (Å²) < 4.78 is 8.27. The van der Waals surface area contributed by atoms with Gasteiger partial charge in [-0.25, -0.2) is 4.98 Å².